The third-order valence-electron chi connectivity index (χ3n) is 4.80. The maximum atomic E-state index is 12.3. The van der Waals surface area contributed by atoms with Gasteiger partial charge in [-0.25, -0.2) is 4.79 Å². The summed E-state index contributed by atoms with van der Waals surface area (Å²) in [7, 11) is 3.77. The Morgan fingerprint density at radius 1 is 1.10 bits per heavy atom. The minimum Gasteiger partial charge on any atom is -0.295 e. The van der Waals surface area contributed by atoms with Crippen molar-refractivity contribution in [1.29, 1.82) is 0 Å². The average Bonchev–Trinajstić information content (AvgIpc) is 2.51. The molecule has 1 heterocycles. The Bertz CT molecular complexity index is 724. The van der Waals surface area contributed by atoms with E-state index in [0.717, 1.165) is 11.0 Å². The normalized spacial score (nSPS) is 16.6. The Morgan fingerprint density at radius 3 is 2.25 bits per heavy atom. The van der Waals surface area contributed by atoms with Crippen LogP contribution in [0, 0.1) is 0 Å². The second-order valence-corrected chi connectivity index (χ2v) is 7.21. The van der Waals surface area contributed by atoms with Gasteiger partial charge in [0.2, 0.25) is 0 Å². The second kappa shape index (κ2) is 4.24. The molecule has 0 atom stereocenters. The summed E-state index contributed by atoms with van der Waals surface area (Å²) < 4.78 is 3.60. The fraction of sp³-hybridized carbons (Fsp3) is 0.588. The van der Waals surface area contributed by atoms with Crippen molar-refractivity contribution in [1.82, 2.24) is 9.13 Å². The summed E-state index contributed by atoms with van der Waals surface area (Å²) >= 11 is 0. The highest BCUT2D eigenvalue weighted by atomic mass is 16.1. The Labute approximate surface area is 120 Å². The molecule has 0 saturated heterocycles. The lowest BCUT2D eigenvalue weighted by molar-refractivity contribution is 0.420. The van der Waals surface area contributed by atoms with Crippen LogP contribution < -0.4 is 5.69 Å². The van der Waals surface area contributed by atoms with Gasteiger partial charge in [-0.05, 0) is 41.4 Å². The summed E-state index contributed by atoms with van der Waals surface area (Å²) in [5.74, 6) is 0.632. The van der Waals surface area contributed by atoms with Gasteiger partial charge in [-0.3, -0.25) is 9.13 Å². The number of imidazole rings is 1. The van der Waals surface area contributed by atoms with Gasteiger partial charge in [0.1, 0.15) is 0 Å². The average molecular weight is 272 g/mol. The molecule has 0 radical (unpaired) electrons. The van der Waals surface area contributed by atoms with Gasteiger partial charge >= 0.3 is 5.69 Å². The predicted octanol–water partition coefficient (Wildman–Crippen LogP) is 3.44. The molecule has 1 aliphatic carbocycles. The van der Waals surface area contributed by atoms with E-state index >= 15 is 0 Å². The molecule has 0 N–H and O–H groups in total. The molecule has 1 saturated carbocycles. The Balaban J connectivity index is 2.38. The van der Waals surface area contributed by atoms with Crippen molar-refractivity contribution in [2.24, 2.45) is 14.1 Å². The van der Waals surface area contributed by atoms with Crippen LogP contribution in [0.25, 0.3) is 11.0 Å². The molecule has 3 nitrogen and oxygen atoms in total. The zero-order valence-electron chi connectivity index (χ0n) is 13.2. The van der Waals surface area contributed by atoms with E-state index < -0.39 is 0 Å². The first kappa shape index (κ1) is 13.5. The molecule has 1 fully saturated rings. The van der Waals surface area contributed by atoms with Crippen molar-refractivity contribution in [2.45, 2.75) is 51.4 Å². The van der Waals surface area contributed by atoms with Gasteiger partial charge in [-0.2, -0.15) is 0 Å². The molecular weight excluding hydrogens is 248 g/mol. The quantitative estimate of drug-likeness (QED) is 0.781. The van der Waals surface area contributed by atoms with E-state index in [0.29, 0.717) is 5.92 Å². The maximum absolute atomic E-state index is 12.3. The molecule has 20 heavy (non-hydrogen) atoms. The van der Waals surface area contributed by atoms with Crippen LogP contribution >= 0.6 is 0 Å². The lowest BCUT2D eigenvalue weighted by atomic mass is 9.77. The molecule has 1 aliphatic rings. The molecular formula is C17H24N2O. The molecule has 2 aromatic rings. The van der Waals surface area contributed by atoms with E-state index in [9.17, 15) is 4.79 Å². The number of rotatable bonds is 1. The van der Waals surface area contributed by atoms with E-state index in [2.05, 4.69) is 32.9 Å². The van der Waals surface area contributed by atoms with Crippen molar-refractivity contribution in [3.63, 3.8) is 0 Å². The van der Waals surface area contributed by atoms with Crippen molar-refractivity contribution in [2.75, 3.05) is 0 Å². The van der Waals surface area contributed by atoms with Crippen LogP contribution in [0.15, 0.2) is 16.9 Å². The van der Waals surface area contributed by atoms with Gasteiger partial charge in [-0.1, -0.05) is 33.3 Å². The molecule has 1 aromatic carbocycles. The van der Waals surface area contributed by atoms with Crippen LogP contribution in [0.1, 0.15) is 57.1 Å². The first-order chi connectivity index (χ1) is 9.30. The zero-order valence-corrected chi connectivity index (χ0v) is 13.2. The summed E-state index contributed by atoms with van der Waals surface area (Å²) in [6, 6.07) is 4.53. The Hall–Kier alpha value is -1.51. The number of fused-ring (bicyclic) bond motifs is 1. The van der Waals surface area contributed by atoms with Gasteiger partial charge in [-0.15, -0.1) is 0 Å². The predicted molar refractivity (Wildman–Crippen MR) is 83.5 cm³/mol. The number of hydrogen-bond donors (Lipinski definition) is 0. The van der Waals surface area contributed by atoms with Crippen LogP contribution in [0.4, 0.5) is 0 Å². The highest BCUT2D eigenvalue weighted by Crippen LogP contribution is 2.41. The minimum absolute atomic E-state index is 0.0756. The summed E-state index contributed by atoms with van der Waals surface area (Å²) in [6.45, 7) is 6.71. The fourth-order valence-electron chi connectivity index (χ4n) is 3.15. The fourth-order valence-corrected chi connectivity index (χ4v) is 3.15. The number of aryl methyl sites for hydroxylation is 2. The van der Waals surface area contributed by atoms with Gasteiger partial charge in [0, 0.05) is 14.1 Å². The molecule has 0 spiro atoms. The van der Waals surface area contributed by atoms with Crippen LogP contribution in [-0.4, -0.2) is 9.13 Å². The van der Waals surface area contributed by atoms with E-state index in [1.54, 1.807) is 4.57 Å². The van der Waals surface area contributed by atoms with Gasteiger partial charge in [0.25, 0.3) is 0 Å². The summed E-state index contributed by atoms with van der Waals surface area (Å²) in [6.07, 6.45) is 3.82. The first-order valence-electron chi connectivity index (χ1n) is 7.50. The molecule has 3 heteroatoms. The van der Waals surface area contributed by atoms with Gasteiger partial charge < -0.3 is 0 Å². The van der Waals surface area contributed by atoms with E-state index in [4.69, 9.17) is 0 Å². The standard InChI is InChI=1S/C17H24N2O/c1-17(2,3)12-9-13(11-7-6-8-11)15-14(10-12)18(4)16(20)19(15)5/h9-11H,6-8H2,1-5H3. The van der Waals surface area contributed by atoms with Gasteiger partial charge in [0.05, 0.1) is 11.0 Å². The van der Waals surface area contributed by atoms with Crippen LogP contribution in [0.5, 0.6) is 0 Å². The monoisotopic (exact) mass is 272 g/mol. The lowest BCUT2D eigenvalue weighted by Crippen LogP contribution is -2.19. The highest BCUT2D eigenvalue weighted by Gasteiger charge is 2.27. The number of benzene rings is 1. The van der Waals surface area contributed by atoms with E-state index in [-0.39, 0.29) is 11.1 Å². The van der Waals surface area contributed by atoms with Crippen molar-refractivity contribution in [3.8, 4) is 0 Å². The van der Waals surface area contributed by atoms with Crippen LogP contribution in [0.2, 0.25) is 0 Å². The number of nitrogens with zero attached hydrogens (tertiary/aromatic N) is 2. The van der Waals surface area contributed by atoms with E-state index in [1.165, 1.54) is 30.4 Å². The summed E-state index contributed by atoms with van der Waals surface area (Å²) in [5, 5.41) is 0. The molecule has 0 unspecified atom stereocenters. The molecule has 108 valence electrons. The topological polar surface area (TPSA) is 26.9 Å². The Kier molecular flexibility index (Phi) is 2.86. The van der Waals surface area contributed by atoms with Crippen molar-refractivity contribution in [3.05, 3.63) is 33.7 Å². The Morgan fingerprint density at radius 2 is 1.75 bits per heavy atom. The molecule has 1 aromatic heterocycles. The maximum Gasteiger partial charge on any atom is 0.328 e. The minimum atomic E-state index is 0.0756. The molecule has 3 rings (SSSR count). The smallest absolute Gasteiger partial charge is 0.295 e. The lowest BCUT2D eigenvalue weighted by Gasteiger charge is -2.29. The third-order valence-corrected chi connectivity index (χ3v) is 4.80. The highest BCUT2D eigenvalue weighted by molar-refractivity contribution is 5.82. The SMILES string of the molecule is Cn1c(=O)n(C)c2c(C3CCC3)cc(C(C)(C)C)cc21. The van der Waals surface area contributed by atoms with Crippen LogP contribution in [0.3, 0.4) is 0 Å². The molecule has 0 bridgehead atoms. The third kappa shape index (κ3) is 1.83. The van der Waals surface area contributed by atoms with Gasteiger partial charge in [0.15, 0.2) is 0 Å². The number of aromatic nitrogens is 2. The molecule has 0 aliphatic heterocycles. The number of hydrogen-bond acceptors (Lipinski definition) is 1. The molecule has 0 amide bonds. The first-order valence-corrected chi connectivity index (χ1v) is 7.50. The van der Waals surface area contributed by atoms with Crippen LogP contribution in [-0.2, 0) is 19.5 Å². The zero-order chi connectivity index (χ0) is 14.7. The largest absolute Gasteiger partial charge is 0.328 e. The second-order valence-electron chi connectivity index (χ2n) is 7.21. The van der Waals surface area contributed by atoms with E-state index in [1.807, 2.05) is 18.7 Å². The summed E-state index contributed by atoms with van der Waals surface area (Å²) in [5.41, 5.74) is 5.10. The van der Waals surface area contributed by atoms with Crippen molar-refractivity contribution < 1.29 is 0 Å². The summed E-state index contributed by atoms with van der Waals surface area (Å²) in [4.78, 5) is 12.3. The van der Waals surface area contributed by atoms with Crippen molar-refractivity contribution >= 4 is 11.0 Å².